The summed E-state index contributed by atoms with van der Waals surface area (Å²) in [6.45, 7) is 7.04. The number of aromatic nitrogens is 2. The average Bonchev–Trinajstić information content (AvgIpc) is 2.78. The second-order valence-electron chi connectivity index (χ2n) is 6.80. The maximum Gasteiger partial charge on any atom is 0.255 e. The minimum Gasteiger partial charge on any atom is -0.492 e. The third-order valence-electron chi connectivity index (χ3n) is 4.52. The maximum absolute atomic E-state index is 13.4. The van der Waals surface area contributed by atoms with Gasteiger partial charge in [0.05, 0.1) is 12.2 Å². The summed E-state index contributed by atoms with van der Waals surface area (Å²) in [5, 5.41) is 6.08. The highest BCUT2D eigenvalue weighted by Gasteiger charge is 2.15. The van der Waals surface area contributed by atoms with Crippen molar-refractivity contribution in [1.29, 1.82) is 0 Å². The Balaban J connectivity index is 1.74. The Morgan fingerprint density at radius 3 is 2.74 bits per heavy atom. The number of carbonyl (C=O) groups excluding carboxylic acids is 1. The highest BCUT2D eigenvalue weighted by atomic mass is 19.1. The van der Waals surface area contributed by atoms with E-state index in [1.807, 2.05) is 25.1 Å². The Hall–Kier alpha value is -3.74. The fourth-order valence-corrected chi connectivity index (χ4v) is 2.98. The van der Waals surface area contributed by atoms with Crippen LogP contribution in [0, 0.1) is 5.82 Å². The topological polar surface area (TPSA) is 76.1 Å². The minimum absolute atomic E-state index is 0.266. The molecule has 3 rings (SSSR count). The molecule has 6 nitrogen and oxygen atoms in total. The maximum atomic E-state index is 13.4. The molecule has 0 unspecified atom stereocenters. The Bertz CT molecular complexity index is 1040. The van der Waals surface area contributed by atoms with Gasteiger partial charge in [0, 0.05) is 25.5 Å². The Labute approximate surface area is 181 Å². The predicted octanol–water partition coefficient (Wildman–Crippen LogP) is 4.21. The highest BCUT2D eigenvalue weighted by Crippen LogP contribution is 2.19. The van der Waals surface area contributed by atoms with Gasteiger partial charge in [0.1, 0.15) is 23.1 Å². The molecule has 0 saturated carbocycles. The van der Waals surface area contributed by atoms with Gasteiger partial charge in [-0.1, -0.05) is 24.8 Å². The largest absolute Gasteiger partial charge is 0.492 e. The van der Waals surface area contributed by atoms with Gasteiger partial charge in [-0.15, -0.1) is 0 Å². The summed E-state index contributed by atoms with van der Waals surface area (Å²) in [4.78, 5) is 21.4. The molecule has 0 bridgehead atoms. The molecule has 0 aliphatic heterocycles. The number of benzene rings is 1. The van der Waals surface area contributed by atoms with E-state index in [0.717, 1.165) is 11.1 Å². The third kappa shape index (κ3) is 6.37. The van der Waals surface area contributed by atoms with Crippen molar-refractivity contribution in [3.8, 4) is 0 Å². The van der Waals surface area contributed by atoms with Crippen LogP contribution in [0.2, 0.25) is 0 Å². The van der Waals surface area contributed by atoms with Gasteiger partial charge in [-0.05, 0) is 54.8 Å². The molecule has 7 heteroatoms. The quantitative estimate of drug-likeness (QED) is 0.481. The molecular formula is C24H25FN4O2. The van der Waals surface area contributed by atoms with Crippen LogP contribution < -0.4 is 10.6 Å². The van der Waals surface area contributed by atoms with Crippen LogP contribution in [0.5, 0.6) is 0 Å². The van der Waals surface area contributed by atoms with Crippen LogP contribution in [-0.4, -0.2) is 29.0 Å². The van der Waals surface area contributed by atoms with Gasteiger partial charge in [-0.3, -0.25) is 9.78 Å². The summed E-state index contributed by atoms with van der Waals surface area (Å²) >= 11 is 0. The zero-order chi connectivity index (χ0) is 22.1. The lowest BCUT2D eigenvalue weighted by atomic mass is 10.1. The monoisotopic (exact) mass is 420 g/mol. The number of pyridine rings is 2. The number of nitrogens with one attached hydrogen (secondary N) is 2. The molecule has 0 saturated heterocycles. The van der Waals surface area contributed by atoms with Crippen LogP contribution >= 0.6 is 0 Å². The van der Waals surface area contributed by atoms with Gasteiger partial charge in [0.25, 0.3) is 5.91 Å². The summed E-state index contributed by atoms with van der Waals surface area (Å²) in [7, 11) is 0. The van der Waals surface area contributed by atoms with Crippen molar-refractivity contribution >= 4 is 17.5 Å². The summed E-state index contributed by atoms with van der Waals surface area (Å²) < 4.78 is 18.9. The van der Waals surface area contributed by atoms with Crippen LogP contribution in [0.25, 0.3) is 5.76 Å². The fraction of sp³-hybridized carbons (Fsp3) is 0.208. The molecule has 0 atom stereocenters. The number of anilines is 1. The lowest BCUT2D eigenvalue weighted by molar-refractivity contribution is 0.0951. The van der Waals surface area contributed by atoms with E-state index < -0.39 is 0 Å². The molecule has 2 heterocycles. The summed E-state index contributed by atoms with van der Waals surface area (Å²) in [6.07, 6.45) is 3.96. The van der Waals surface area contributed by atoms with E-state index in [-0.39, 0.29) is 11.7 Å². The molecule has 0 aliphatic carbocycles. The zero-order valence-electron chi connectivity index (χ0n) is 17.4. The van der Waals surface area contributed by atoms with E-state index in [1.165, 1.54) is 12.1 Å². The number of carbonyl (C=O) groups is 1. The summed E-state index contributed by atoms with van der Waals surface area (Å²) in [6, 6.07) is 13.5. The molecule has 1 aromatic carbocycles. The second kappa shape index (κ2) is 10.9. The van der Waals surface area contributed by atoms with Crippen LogP contribution in [0.1, 0.15) is 34.1 Å². The molecule has 0 spiro atoms. The average molecular weight is 420 g/mol. The van der Waals surface area contributed by atoms with Crippen molar-refractivity contribution in [2.75, 3.05) is 18.5 Å². The van der Waals surface area contributed by atoms with Crippen LogP contribution in [-0.2, 0) is 17.7 Å². The third-order valence-corrected chi connectivity index (χ3v) is 4.52. The van der Waals surface area contributed by atoms with Gasteiger partial charge in [-0.25, -0.2) is 9.37 Å². The highest BCUT2D eigenvalue weighted by molar-refractivity contribution is 5.99. The number of ether oxygens (including phenoxy) is 1. The lowest BCUT2D eigenvalue weighted by Crippen LogP contribution is -2.25. The van der Waals surface area contributed by atoms with Crippen molar-refractivity contribution in [1.82, 2.24) is 15.3 Å². The Morgan fingerprint density at radius 2 is 2.00 bits per heavy atom. The molecule has 0 aliphatic rings. The van der Waals surface area contributed by atoms with Crippen molar-refractivity contribution in [2.45, 2.75) is 19.9 Å². The number of halogens is 1. The lowest BCUT2D eigenvalue weighted by Gasteiger charge is -2.14. The van der Waals surface area contributed by atoms with Crippen molar-refractivity contribution in [3.05, 3.63) is 95.7 Å². The van der Waals surface area contributed by atoms with Gasteiger partial charge in [0.15, 0.2) is 0 Å². The molecule has 160 valence electrons. The first-order chi connectivity index (χ1) is 15.1. The van der Waals surface area contributed by atoms with E-state index in [4.69, 9.17) is 4.74 Å². The van der Waals surface area contributed by atoms with Gasteiger partial charge < -0.3 is 15.4 Å². The SMILES string of the molecule is C=C(OCC)c1ccc(C(=O)NCc2cccnc2)c(NCCc2cccc(F)c2)n1. The predicted molar refractivity (Wildman–Crippen MR) is 119 cm³/mol. The standard InChI is InChI=1S/C24H25FN4O2/c1-3-31-17(2)22-10-9-21(24(30)28-16-19-7-5-12-26-15-19)23(29-22)27-13-11-18-6-4-8-20(25)14-18/h4-10,12,14-15H,2-3,11,13,16H2,1H3,(H,27,29)(H,28,30). The van der Waals surface area contributed by atoms with Gasteiger partial charge in [0.2, 0.25) is 0 Å². The molecule has 31 heavy (non-hydrogen) atoms. The number of amides is 1. The van der Waals surface area contributed by atoms with Crippen molar-refractivity contribution in [2.24, 2.45) is 0 Å². The van der Waals surface area contributed by atoms with Crippen molar-refractivity contribution < 1.29 is 13.9 Å². The summed E-state index contributed by atoms with van der Waals surface area (Å²) in [5.41, 5.74) is 2.69. The number of rotatable bonds is 10. The smallest absolute Gasteiger partial charge is 0.255 e. The first kappa shape index (κ1) is 22.0. The van der Waals surface area contributed by atoms with E-state index >= 15 is 0 Å². The van der Waals surface area contributed by atoms with E-state index in [1.54, 1.807) is 30.6 Å². The minimum atomic E-state index is -0.277. The first-order valence-electron chi connectivity index (χ1n) is 10.1. The van der Waals surface area contributed by atoms with E-state index in [9.17, 15) is 9.18 Å². The van der Waals surface area contributed by atoms with Gasteiger partial charge >= 0.3 is 0 Å². The molecule has 2 aromatic heterocycles. The molecule has 0 radical (unpaired) electrons. The Kier molecular flexibility index (Phi) is 7.70. The molecule has 3 aromatic rings. The zero-order valence-corrected chi connectivity index (χ0v) is 17.4. The van der Waals surface area contributed by atoms with Crippen LogP contribution in [0.3, 0.4) is 0 Å². The van der Waals surface area contributed by atoms with Crippen LogP contribution in [0.4, 0.5) is 10.2 Å². The molecular weight excluding hydrogens is 395 g/mol. The van der Waals surface area contributed by atoms with E-state index in [2.05, 4.69) is 27.2 Å². The van der Waals surface area contributed by atoms with Gasteiger partial charge in [-0.2, -0.15) is 0 Å². The second-order valence-corrected chi connectivity index (χ2v) is 6.80. The molecule has 0 fully saturated rings. The van der Waals surface area contributed by atoms with E-state index in [0.29, 0.717) is 49.0 Å². The number of hydrogen-bond donors (Lipinski definition) is 2. The summed E-state index contributed by atoms with van der Waals surface area (Å²) in [5.74, 6) is 0.302. The van der Waals surface area contributed by atoms with Crippen LogP contribution in [0.15, 0.2) is 67.5 Å². The fourth-order valence-electron chi connectivity index (χ4n) is 2.98. The molecule has 2 N–H and O–H groups in total. The van der Waals surface area contributed by atoms with Crippen molar-refractivity contribution in [3.63, 3.8) is 0 Å². The first-order valence-corrected chi connectivity index (χ1v) is 10.1. The molecule has 1 amide bonds. The number of hydrogen-bond acceptors (Lipinski definition) is 5. The normalized spacial score (nSPS) is 10.4. The number of nitrogens with zero attached hydrogens (tertiary/aromatic N) is 2. The Morgan fingerprint density at radius 1 is 1.16 bits per heavy atom.